The number of carboxylic acid groups (broad SMARTS) is 1. The summed E-state index contributed by atoms with van der Waals surface area (Å²) in [6.45, 7) is 3.52. The van der Waals surface area contributed by atoms with E-state index in [0.717, 1.165) is 5.56 Å². The van der Waals surface area contributed by atoms with Crippen molar-refractivity contribution in [3.8, 4) is 6.07 Å². The number of benzene rings is 1. The maximum Gasteiger partial charge on any atom is 0.330 e. The maximum atomic E-state index is 11.9. The van der Waals surface area contributed by atoms with Crippen LogP contribution in [0.2, 0.25) is 5.02 Å². The molecule has 5 nitrogen and oxygen atoms in total. The summed E-state index contributed by atoms with van der Waals surface area (Å²) in [4.78, 5) is 23.6. The van der Waals surface area contributed by atoms with Gasteiger partial charge >= 0.3 is 5.97 Å². The third-order valence-electron chi connectivity index (χ3n) is 3.47. The fourth-order valence-electron chi connectivity index (χ4n) is 2.18. The van der Waals surface area contributed by atoms with Gasteiger partial charge in [0, 0.05) is 11.4 Å². The molecular formula is C17H19ClN2O3. The molecule has 0 radical (unpaired) electrons. The maximum absolute atomic E-state index is 11.9. The number of carbonyl (C=O) groups is 2. The quantitative estimate of drug-likeness (QED) is 0.679. The monoisotopic (exact) mass is 334 g/mol. The van der Waals surface area contributed by atoms with Crippen LogP contribution >= 0.6 is 11.6 Å². The average molecular weight is 335 g/mol. The van der Waals surface area contributed by atoms with Gasteiger partial charge < -0.3 is 10.4 Å². The highest BCUT2D eigenvalue weighted by molar-refractivity contribution is 6.30. The number of halogens is 1. The molecule has 1 rings (SSSR count). The number of aryl methyl sites for hydroxylation is 1. The van der Waals surface area contributed by atoms with Crippen molar-refractivity contribution in [2.75, 3.05) is 0 Å². The second-order valence-electron chi connectivity index (χ2n) is 5.23. The molecular weight excluding hydrogens is 316 g/mol. The number of aliphatic carboxylic acids is 1. The van der Waals surface area contributed by atoms with Crippen LogP contribution in [0.5, 0.6) is 0 Å². The number of carbonyl (C=O) groups excluding carboxylic acids is 1. The lowest BCUT2D eigenvalue weighted by atomic mass is 9.88. The first kappa shape index (κ1) is 18.7. The number of allylic oxidation sites excluding steroid dienone is 1. The molecule has 1 amide bonds. The molecule has 0 saturated carbocycles. The first-order valence-electron chi connectivity index (χ1n) is 7.20. The van der Waals surface area contributed by atoms with Crippen LogP contribution in [0.4, 0.5) is 0 Å². The smallest absolute Gasteiger partial charge is 0.330 e. The topological polar surface area (TPSA) is 90.2 Å². The second-order valence-corrected chi connectivity index (χ2v) is 5.66. The SMILES string of the molecule is C=CCCC(=O)NC(CC#N)(CCc1cccc(Cl)c1)C(=O)O. The standard InChI is InChI=1S/C17H19ClN2O3/c1-2-3-7-15(21)20-17(10-11-19,16(22)23)9-8-13-5-4-6-14(18)12-13/h2,4-6,12H,1,3,7-10H2,(H,20,21)(H,22,23). The van der Waals surface area contributed by atoms with Gasteiger partial charge in [0.15, 0.2) is 5.54 Å². The van der Waals surface area contributed by atoms with Crippen LogP contribution in [0.15, 0.2) is 36.9 Å². The van der Waals surface area contributed by atoms with E-state index < -0.39 is 17.4 Å². The predicted octanol–water partition coefficient (Wildman–Crippen LogP) is 3.09. The summed E-state index contributed by atoms with van der Waals surface area (Å²) in [5.74, 6) is -1.62. The molecule has 0 aliphatic carbocycles. The van der Waals surface area contributed by atoms with Crippen LogP contribution in [0.25, 0.3) is 0 Å². The van der Waals surface area contributed by atoms with Gasteiger partial charge in [-0.25, -0.2) is 4.79 Å². The number of nitrogens with one attached hydrogen (secondary N) is 1. The fraction of sp³-hybridized carbons (Fsp3) is 0.353. The molecule has 23 heavy (non-hydrogen) atoms. The van der Waals surface area contributed by atoms with Gasteiger partial charge in [-0.1, -0.05) is 29.8 Å². The van der Waals surface area contributed by atoms with Crippen LogP contribution < -0.4 is 5.32 Å². The highest BCUT2D eigenvalue weighted by Crippen LogP contribution is 2.21. The van der Waals surface area contributed by atoms with Crippen LogP contribution in [-0.4, -0.2) is 22.5 Å². The summed E-state index contributed by atoms with van der Waals surface area (Å²) in [5, 5.41) is 21.6. The summed E-state index contributed by atoms with van der Waals surface area (Å²) < 4.78 is 0. The highest BCUT2D eigenvalue weighted by atomic mass is 35.5. The zero-order chi connectivity index (χ0) is 17.3. The summed E-state index contributed by atoms with van der Waals surface area (Å²) >= 11 is 5.91. The minimum absolute atomic E-state index is 0.107. The number of carboxylic acids is 1. The second kappa shape index (κ2) is 8.96. The van der Waals surface area contributed by atoms with Gasteiger partial charge in [-0.2, -0.15) is 5.26 Å². The average Bonchev–Trinajstić information content (AvgIpc) is 2.50. The van der Waals surface area contributed by atoms with Crippen molar-refractivity contribution in [2.45, 2.75) is 37.6 Å². The van der Waals surface area contributed by atoms with Crippen LogP contribution in [-0.2, 0) is 16.0 Å². The Morgan fingerprint density at radius 2 is 2.22 bits per heavy atom. The normalized spacial score (nSPS) is 12.7. The molecule has 1 atom stereocenters. The third kappa shape index (κ3) is 5.76. The van der Waals surface area contributed by atoms with E-state index in [9.17, 15) is 14.7 Å². The molecule has 0 saturated heterocycles. The number of hydrogen-bond acceptors (Lipinski definition) is 3. The summed E-state index contributed by atoms with van der Waals surface area (Å²) in [6.07, 6.45) is 2.36. The van der Waals surface area contributed by atoms with Crippen molar-refractivity contribution in [1.82, 2.24) is 5.32 Å². The fourth-order valence-corrected chi connectivity index (χ4v) is 2.39. The van der Waals surface area contributed by atoms with E-state index in [1.54, 1.807) is 24.3 Å². The van der Waals surface area contributed by atoms with E-state index in [1.165, 1.54) is 0 Å². The number of nitrogens with zero attached hydrogens (tertiary/aromatic N) is 1. The van der Waals surface area contributed by atoms with E-state index >= 15 is 0 Å². The van der Waals surface area contributed by atoms with E-state index in [1.807, 2.05) is 12.1 Å². The molecule has 0 aromatic heterocycles. The number of hydrogen-bond donors (Lipinski definition) is 2. The third-order valence-corrected chi connectivity index (χ3v) is 3.71. The van der Waals surface area contributed by atoms with Gasteiger partial charge in [0.2, 0.25) is 5.91 Å². The summed E-state index contributed by atoms with van der Waals surface area (Å²) in [5.41, 5.74) is -0.753. The zero-order valence-electron chi connectivity index (χ0n) is 12.7. The molecule has 0 heterocycles. The number of rotatable bonds is 9. The molecule has 122 valence electrons. The van der Waals surface area contributed by atoms with E-state index in [-0.39, 0.29) is 19.3 Å². The highest BCUT2D eigenvalue weighted by Gasteiger charge is 2.39. The van der Waals surface area contributed by atoms with Gasteiger partial charge in [-0.15, -0.1) is 6.58 Å². The Bertz CT molecular complexity index is 625. The van der Waals surface area contributed by atoms with Gasteiger partial charge in [-0.3, -0.25) is 4.79 Å². The lowest BCUT2D eigenvalue weighted by Gasteiger charge is -2.28. The van der Waals surface area contributed by atoms with Crippen LogP contribution in [0.1, 0.15) is 31.2 Å². The van der Waals surface area contributed by atoms with Crippen molar-refractivity contribution in [1.29, 1.82) is 5.26 Å². The molecule has 0 bridgehead atoms. The first-order chi connectivity index (χ1) is 10.9. The molecule has 2 N–H and O–H groups in total. The molecule has 1 aromatic rings. The van der Waals surface area contributed by atoms with Crippen molar-refractivity contribution in [3.63, 3.8) is 0 Å². The molecule has 0 fully saturated rings. The molecule has 0 spiro atoms. The minimum atomic E-state index is -1.60. The van der Waals surface area contributed by atoms with Crippen LogP contribution in [0, 0.1) is 11.3 Å². The Balaban J connectivity index is 2.90. The van der Waals surface area contributed by atoms with Gasteiger partial charge in [0.25, 0.3) is 0 Å². The van der Waals surface area contributed by atoms with Crippen LogP contribution in [0.3, 0.4) is 0 Å². The lowest BCUT2D eigenvalue weighted by Crippen LogP contribution is -2.54. The Hall–Kier alpha value is -2.32. The first-order valence-corrected chi connectivity index (χ1v) is 7.58. The molecule has 0 aliphatic heterocycles. The Morgan fingerprint density at radius 1 is 1.48 bits per heavy atom. The largest absolute Gasteiger partial charge is 0.479 e. The number of nitriles is 1. The van der Waals surface area contributed by atoms with Crippen molar-refractivity contribution in [2.24, 2.45) is 0 Å². The van der Waals surface area contributed by atoms with E-state index in [2.05, 4.69) is 11.9 Å². The molecule has 1 unspecified atom stereocenters. The molecule has 0 aliphatic rings. The summed E-state index contributed by atoms with van der Waals surface area (Å²) in [6, 6.07) is 8.91. The Kier molecular flexibility index (Phi) is 7.30. The van der Waals surface area contributed by atoms with Crippen molar-refractivity contribution in [3.05, 3.63) is 47.5 Å². The lowest BCUT2D eigenvalue weighted by molar-refractivity contribution is -0.147. The van der Waals surface area contributed by atoms with E-state index in [4.69, 9.17) is 16.9 Å². The van der Waals surface area contributed by atoms with Gasteiger partial charge in [0.1, 0.15) is 0 Å². The van der Waals surface area contributed by atoms with Crippen molar-refractivity contribution >= 4 is 23.5 Å². The van der Waals surface area contributed by atoms with Gasteiger partial charge in [0.05, 0.1) is 12.5 Å². The zero-order valence-corrected chi connectivity index (χ0v) is 13.5. The predicted molar refractivity (Wildman–Crippen MR) is 87.9 cm³/mol. The molecule has 1 aromatic carbocycles. The van der Waals surface area contributed by atoms with Crippen molar-refractivity contribution < 1.29 is 14.7 Å². The minimum Gasteiger partial charge on any atom is -0.479 e. The summed E-state index contributed by atoms with van der Waals surface area (Å²) in [7, 11) is 0. The van der Waals surface area contributed by atoms with E-state index in [0.29, 0.717) is 17.9 Å². The number of amides is 1. The Labute approximate surface area is 140 Å². The van der Waals surface area contributed by atoms with Gasteiger partial charge in [-0.05, 0) is 37.0 Å². The Morgan fingerprint density at radius 3 is 2.78 bits per heavy atom. The molecule has 6 heteroatoms.